The summed E-state index contributed by atoms with van der Waals surface area (Å²) >= 11 is 0. The molecule has 86 valence electrons. The minimum atomic E-state index is 0.877. The normalized spacial score (nSPS) is 11.2. The Bertz CT molecular complexity index is 713. The van der Waals surface area contributed by atoms with Crippen molar-refractivity contribution in [3.05, 3.63) is 36.2 Å². The molecule has 0 aliphatic carbocycles. The van der Waals surface area contributed by atoms with E-state index in [9.17, 15) is 0 Å². The van der Waals surface area contributed by atoms with Crippen LogP contribution < -0.4 is 4.74 Å². The van der Waals surface area contributed by atoms with Gasteiger partial charge >= 0.3 is 0 Å². The molecular formula is C14H14N2O. The maximum Gasteiger partial charge on any atom is 0.145 e. The van der Waals surface area contributed by atoms with Gasteiger partial charge < -0.3 is 9.30 Å². The Morgan fingerprint density at radius 2 is 2.06 bits per heavy atom. The van der Waals surface area contributed by atoms with Crippen LogP contribution in [0.4, 0.5) is 0 Å². The van der Waals surface area contributed by atoms with E-state index in [0.29, 0.717) is 0 Å². The molecule has 0 atom stereocenters. The molecule has 0 N–H and O–H groups in total. The maximum absolute atomic E-state index is 5.47. The van der Waals surface area contributed by atoms with Gasteiger partial charge in [-0.05, 0) is 19.1 Å². The third kappa shape index (κ3) is 1.32. The Hall–Kier alpha value is -2.03. The molecule has 2 heterocycles. The van der Waals surface area contributed by atoms with E-state index in [-0.39, 0.29) is 0 Å². The highest BCUT2D eigenvalue weighted by Gasteiger charge is 2.12. The van der Waals surface area contributed by atoms with E-state index in [1.54, 1.807) is 7.11 Å². The number of ether oxygens (including phenoxy) is 1. The number of aromatic nitrogens is 2. The average molecular weight is 226 g/mol. The second-order valence-corrected chi connectivity index (χ2v) is 4.26. The zero-order valence-electron chi connectivity index (χ0n) is 10.2. The van der Waals surface area contributed by atoms with Crippen LogP contribution in [-0.2, 0) is 7.05 Å². The first-order valence-electron chi connectivity index (χ1n) is 5.60. The van der Waals surface area contributed by atoms with Crippen LogP contribution in [0.15, 0.2) is 30.5 Å². The lowest BCUT2D eigenvalue weighted by Gasteiger charge is -2.07. The van der Waals surface area contributed by atoms with Crippen LogP contribution in [0.1, 0.15) is 5.69 Å². The van der Waals surface area contributed by atoms with Gasteiger partial charge in [-0.25, -0.2) is 0 Å². The number of benzene rings is 1. The highest BCUT2D eigenvalue weighted by atomic mass is 16.5. The molecule has 17 heavy (non-hydrogen) atoms. The fraction of sp³-hybridized carbons (Fsp3) is 0.214. The third-order valence-electron chi connectivity index (χ3n) is 3.32. The van der Waals surface area contributed by atoms with E-state index < -0.39 is 0 Å². The van der Waals surface area contributed by atoms with Gasteiger partial charge in [-0.1, -0.05) is 6.07 Å². The topological polar surface area (TPSA) is 27.1 Å². The summed E-state index contributed by atoms with van der Waals surface area (Å²) in [5, 5.41) is 2.37. The number of hydrogen-bond acceptors (Lipinski definition) is 2. The number of aryl methyl sites for hydroxylation is 2. The van der Waals surface area contributed by atoms with Gasteiger partial charge in [-0.15, -0.1) is 0 Å². The minimum Gasteiger partial charge on any atom is -0.494 e. The van der Waals surface area contributed by atoms with Crippen LogP contribution in [0.5, 0.6) is 5.75 Å². The maximum atomic E-state index is 5.47. The SMILES string of the molecule is COc1cc2ncccc2c2cc(C)n(C)c12. The first-order chi connectivity index (χ1) is 8.22. The molecule has 0 fully saturated rings. The van der Waals surface area contributed by atoms with Gasteiger partial charge in [0.15, 0.2) is 0 Å². The van der Waals surface area contributed by atoms with Gasteiger partial charge in [-0.3, -0.25) is 4.98 Å². The van der Waals surface area contributed by atoms with Crippen molar-refractivity contribution >= 4 is 21.8 Å². The van der Waals surface area contributed by atoms with E-state index in [0.717, 1.165) is 16.8 Å². The van der Waals surface area contributed by atoms with E-state index in [2.05, 4.69) is 35.7 Å². The standard InChI is InChI=1S/C14H14N2O/c1-9-7-11-10-5-4-6-15-12(10)8-13(17-3)14(11)16(9)2/h4-8H,1-3H3. The average Bonchev–Trinajstić information content (AvgIpc) is 2.65. The smallest absolute Gasteiger partial charge is 0.145 e. The summed E-state index contributed by atoms with van der Waals surface area (Å²) in [4.78, 5) is 4.39. The summed E-state index contributed by atoms with van der Waals surface area (Å²) < 4.78 is 7.62. The highest BCUT2D eigenvalue weighted by Crippen LogP contribution is 2.34. The Morgan fingerprint density at radius 3 is 2.82 bits per heavy atom. The van der Waals surface area contributed by atoms with Crippen molar-refractivity contribution < 1.29 is 4.74 Å². The molecule has 1 aromatic carbocycles. The lowest BCUT2D eigenvalue weighted by Crippen LogP contribution is -1.94. The Labute approximate surface area is 99.6 Å². The van der Waals surface area contributed by atoms with Gasteiger partial charge in [0.1, 0.15) is 5.75 Å². The van der Waals surface area contributed by atoms with Gasteiger partial charge in [0.25, 0.3) is 0 Å². The molecule has 0 saturated heterocycles. The van der Waals surface area contributed by atoms with Gasteiger partial charge in [0, 0.05) is 35.8 Å². The molecule has 0 spiro atoms. The summed E-state index contributed by atoms with van der Waals surface area (Å²) in [6.45, 7) is 2.10. The Balaban J connectivity index is 2.60. The van der Waals surface area contributed by atoms with Crippen molar-refractivity contribution in [3.8, 4) is 5.75 Å². The van der Waals surface area contributed by atoms with E-state index in [1.165, 1.54) is 16.5 Å². The fourth-order valence-electron chi connectivity index (χ4n) is 2.34. The molecule has 0 saturated carbocycles. The van der Waals surface area contributed by atoms with Gasteiger partial charge in [-0.2, -0.15) is 0 Å². The van der Waals surface area contributed by atoms with Crippen molar-refractivity contribution in [3.63, 3.8) is 0 Å². The molecule has 3 rings (SSSR count). The third-order valence-corrected chi connectivity index (χ3v) is 3.32. The summed E-state index contributed by atoms with van der Waals surface area (Å²) in [5.41, 5.74) is 3.32. The van der Waals surface area contributed by atoms with Crippen molar-refractivity contribution in [1.29, 1.82) is 0 Å². The van der Waals surface area contributed by atoms with Crippen molar-refractivity contribution in [2.24, 2.45) is 7.05 Å². The number of pyridine rings is 1. The molecule has 3 nitrogen and oxygen atoms in total. The molecule has 0 unspecified atom stereocenters. The molecule has 0 aliphatic rings. The van der Waals surface area contributed by atoms with E-state index >= 15 is 0 Å². The van der Waals surface area contributed by atoms with E-state index in [4.69, 9.17) is 4.74 Å². The summed E-state index contributed by atoms with van der Waals surface area (Å²) in [6, 6.07) is 8.25. The Morgan fingerprint density at radius 1 is 1.24 bits per heavy atom. The number of nitrogens with zero attached hydrogens (tertiary/aromatic N) is 2. The quantitative estimate of drug-likeness (QED) is 0.637. The number of methoxy groups -OCH3 is 1. The van der Waals surface area contributed by atoms with E-state index in [1.807, 2.05) is 18.3 Å². The fourth-order valence-corrected chi connectivity index (χ4v) is 2.34. The van der Waals surface area contributed by atoms with Crippen molar-refractivity contribution in [2.45, 2.75) is 6.92 Å². The molecule has 0 amide bonds. The number of fused-ring (bicyclic) bond motifs is 3. The summed E-state index contributed by atoms with van der Waals surface area (Å²) in [6.07, 6.45) is 1.81. The number of hydrogen-bond donors (Lipinski definition) is 0. The first-order valence-corrected chi connectivity index (χ1v) is 5.60. The first kappa shape index (κ1) is 10.1. The van der Waals surface area contributed by atoms with Crippen LogP contribution in [0.3, 0.4) is 0 Å². The monoisotopic (exact) mass is 226 g/mol. The molecule has 0 bridgehead atoms. The highest BCUT2D eigenvalue weighted by molar-refractivity contribution is 6.08. The van der Waals surface area contributed by atoms with Crippen LogP contribution in [-0.4, -0.2) is 16.7 Å². The largest absolute Gasteiger partial charge is 0.494 e. The molecule has 0 radical (unpaired) electrons. The summed E-state index contributed by atoms with van der Waals surface area (Å²) in [5.74, 6) is 0.877. The van der Waals surface area contributed by atoms with Crippen LogP contribution >= 0.6 is 0 Å². The second kappa shape index (κ2) is 3.48. The lowest BCUT2D eigenvalue weighted by molar-refractivity contribution is 0.418. The van der Waals surface area contributed by atoms with Gasteiger partial charge in [0.05, 0.1) is 18.1 Å². The van der Waals surface area contributed by atoms with Gasteiger partial charge in [0.2, 0.25) is 0 Å². The Kier molecular flexibility index (Phi) is 2.08. The molecule has 3 aromatic rings. The van der Waals surface area contributed by atoms with Crippen LogP contribution in [0, 0.1) is 6.92 Å². The zero-order valence-corrected chi connectivity index (χ0v) is 10.2. The second-order valence-electron chi connectivity index (χ2n) is 4.26. The minimum absolute atomic E-state index is 0.877. The molecule has 2 aromatic heterocycles. The lowest BCUT2D eigenvalue weighted by atomic mass is 10.1. The van der Waals surface area contributed by atoms with Crippen molar-refractivity contribution in [1.82, 2.24) is 9.55 Å². The predicted octanol–water partition coefficient (Wildman–Crippen LogP) is 3.04. The number of rotatable bonds is 1. The zero-order chi connectivity index (χ0) is 12.0. The summed E-state index contributed by atoms with van der Waals surface area (Å²) in [7, 11) is 3.76. The molecular weight excluding hydrogens is 212 g/mol. The molecule has 0 aliphatic heterocycles. The van der Waals surface area contributed by atoms with Crippen molar-refractivity contribution in [2.75, 3.05) is 7.11 Å². The van der Waals surface area contributed by atoms with Crippen LogP contribution in [0.25, 0.3) is 21.8 Å². The van der Waals surface area contributed by atoms with Crippen LogP contribution in [0.2, 0.25) is 0 Å². The predicted molar refractivity (Wildman–Crippen MR) is 69.5 cm³/mol. The molecule has 3 heteroatoms.